The summed E-state index contributed by atoms with van der Waals surface area (Å²) in [5.41, 5.74) is 0.520. The Morgan fingerprint density at radius 1 is 1.00 bits per heavy atom. The van der Waals surface area contributed by atoms with Crippen LogP contribution in [-0.2, 0) is 10.0 Å². The van der Waals surface area contributed by atoms with Crippen LogP contribution in [-0.4, -0.2) is 63.9 Å². The molecule has 0 radical (unpaired) electrons. The van der Waals surface area contributed by atoms with E-state index in [1.807, 2.05) is 0 Å². The van der Waals surface area contributed by atoms with Crippen LogP contribution in [0.1, 0.15) is 27.1 Å². The molecule has 0 fully saturated rings. The van der Waals surface area contributed by atoms with Gasteiger partial charge in [0, 0.05) is 38.3 Å². The summed E-state index contributed by atoms with van der Waals surface area (Å²) in [6.07, 6.45) is 0.468. The Kier molecular flexibility index (Phi) is 7.79. The van der Waals surface area contributed by atoms with Gasteiger partial charge >= 0.3 is 0 Å². The number of nitrogens with one attached hydrogen (secondary N) is 2. The van der Waals surface area contributed by atoms with Crippen molar-refractivity contribution in [2.45, 2.75) is 11.3 Å². The first kappa shape index (κ1) is 23.2. The van der Waals surface area contributed by atoms with Crippen molar-refractivity contribution in [2.24, 2.45) is 0 Å². The largest absolute Gasteiger partial charge is 0.508 e. The summed E-state index contributed by atoms with van der Waals surface area (Å²) in [4.78, 5) is 24.3. The van der Waals surface area contributed by atoms with E-state index in [2.05, 4.69) is 10.6 Å². The second-order valence-electron chi connectivity index (χ2n) is 6.57. The lowest BCUT2D eigenvalue weighted by molar-refractivity contribution is 0.0951. The van der Waals surface area contributed by atoms with Gasteiger partial charge in [-0.3, -0.25) is 9.59 Å². The van der Waals surface area contributed by atoms with E-state index >= 15 is 0 Å². The van der Waals surface area contributed by atoms with Crippen LogP contribution >= 0.6 is 0 Å². The fraction of sp³-hybridized carbons (Fsp3) is 0.300. The third-order valence-electron chi connectivity index (χ3n) is 4.22. The van der Waals surface area contributed by atoms with E-state index in [1.165, 1.54) is 51.5 Å². The molecule has 0 aliphatic rings. The number of carbonyl (C=O) groups is 2. The minimum atomic E-state index is -3.78. The number of phenols is 1. The van der Waals surface area contributed by atoms with Gasteiger partial charge in [-0.05, 0) is 42.8 Å². The standard InChI is InChI=1S/C20H25N3O6S/c1-23(2)30(27,28)18-13-15(8-9-17(18)29-3)20(26)22-11-5-10-21-19(25)14-6-4-7-16(24)12-14/h4,6-9,12-13,24H,5,10-11H2,1-3H3,(H,21,25)(H,22,26). The Hall–Kier alpha value is -3.11. The van der Waals surface area contributed by atoms with Crippen molar-refractivity contribution in [3.8, 4) is 11.5 Å². The van der Waals surface area contributed by atoms with Gasteiger partial charge in [0.1, 0.15) is 16.4 Å². The van der Waals surface area contributed by atoms with Gasteiger partial charge in [-0.15, -0.1) is 0 Å². The van der Waals surface area contributed by atoms with Crippen molar-refractivity contribution >= 4 is 21.8 Å². The van der Waals surface area contributed by atoms with Gasteiger partial charge in [0.15, 0.2) is 0 Å². The molecule has 0 saturated carbocycles. The molecule has 162 valence electrons. The highest BCUT2D eigenvalue weighted by Crippen LogP contribution is 2.26. The van der Waals surface area contributed by atoms with Crippen LogP contribution in [0.4, 0.5) is 0 Å². The number of amides is 2. The summed E-state index contributed by atoms with van der Waals surface area (Å²) in [6.45, 7) is 0.596. The molecule has 30 heavy (non-hydrogen) atoms. The first-order valence-corrected chi connectivity index (χ1v) is 10.6. The van der Waals surface area contributed by atoms with Gasteiger partial charge in [-0.2, -0.15) is 0 Å². The summed E-state index contributed by atoms with van der Waals surface area (Å²) in [5.74, 6) is -0.613. The number of sulfonamides is 1. The molecule has 0 aliphatic carbocycles. The van der Waals surface area contributed by atoms with Crippen molar-refractivity contribution in [1.82, 2.24) is 14.9 Å². The highest BCUT2D eigenvalue weighted by Gasteiger charge is 2.23. The van der Waals surface area contributed by atoms with Crippen LogP contribution in [0.15, 0.2) is 47.4 Å². The number of hydrogen-bond acceptors (Lipinski definition) is 6. The van der Waals surface area contributed by atoms with E-state index in [4.69, 9.17) is 4.74 Å². The first-order chi connectivity index (χ1) is 14.2. The third kappa shape index (κ3) is 5.71. The molecule has 9 nitrogen and oxygen atoms in total. The van der Waals surface area contributed by atoms with Crippen molar-refractivity contribution < 1.29 is 27.9 Å². The SMILES string of the molecule is COc1ccc(C(=O)NCCCNC(=O)c2cccc(O)c2)cc1S(=O)(=O)N(C)C. The molecular formula is C20H25N3O6S. The van der Waals surface area contributed by atoms with Gasteiger partial charge in [0.2, 0.25) is 10.0 Å². The molecule has 0 atom stereocenters. The molecule has 3 N–H and O–H groups in total. The summed E-state index contributed by atoms with van der Waals surface area (Å²) in [5, 5.41) is 14.8. The van der Waals surface area contributed by atoms with E-state index < -0.39 is 15.9 Å². The maximum absolute atomic E-state index is 12.4. The minimum absolute atomic E-state index is 0.00468. The number of methoxy groups -OCH3 is 1. The van der Waals surface area contributed by atoms with Crippen LogP contribution in [0.25, 0.3) is 0 Å². The Balaban J connectivity index is 1.91. The lowest BCUT2D eigenvalue weighted by Gasteiger charge is -2.15. The molecule has 0 unspecified atom stereocenters. The molecule has 2 rings (SSSR count). The second-order valence-corrected chi connectivity index (χ2v) is 8.69. The van der Waals surface area contributed by atoms with Crippen LogP contribution in [0.3, 0.4) is 0 Å². The van der Waals surface area contributed by atoms with Gasteiger partial charge in [-0.25, -0.2) is 12.7 Å². The quantitative estimate of drug-likeness (QED) is 0.509. The van der Waals surface area contributed by atoms with Crippen molar-refractivity contribution in [3.63, 3.8) is 0 Å². The highest BCUT2D eigenvalue weighted by atomic mass is 32.2. The number of hydrogen-bond donors (Lipinski definition) is 3. The number of aromatic hydroxyl groups is 1. The summed E-state index contributed by atoms with van der Waals surface area (Å²) >= 11 is 0. The maximum Gasteiger partial charge on any atom is 0.251 e. The first-order valence-electron chi connectivity index (χ1n) is 9.13. The monoisotopic (exact) mass is 435 g/mol. The molecule has 10 heteroatoms. The Morgan fingerprint density at radius 3 is 2.13 bits per heavy atom. The predicted molar refractivity (Wildman–Crippen MR) is 111 cm³/mol. The number of ether oxygens (including phenoxy) is 1. The maximum atomic E-state index is 12.4. The van der Waals surface area contributed by atoms with Crippen molar-refractivity contribution in [2.75, 3.05) is 34.3 Å². The molecular weight excluding hydrogens is 410 g/mol. The Morgan fingerprint density at radius 2 is 1.60 bits per heavy atom. The fourth-order valence-corrected chi connectivity index (χ4v) is 3.63. The van der Waals surface area contributed by atoms with E-state index in [-0.39, 0.29) is 34.4 Å². The molecule has 0 saturated heterocycles. The molecule has 2 aromatic carbocycles. The number of carbonyl (C=O) groups excluding carboxylic acids is 2. The normalized spacial score (nSPS) is 11.2. The molecule has 0 heterocycles. The van der Waals surface area contributed by atoms with Crippen LogP contribution in [0, 0.1) is 0 Å². The zero-order chi connectivity index (χ0) is 22.3. The highest BCUT2D eigenvalue weighted by molar-refractivity contribution is 7.89. The Bertz CT molecular complexity index is 1020. The number of benzene rings is 2. The summed E-state index contributed by atoms with van der Waals surface area (Å²) in [7, 11) is 0.366. The topological polar surface area (TPSA) is 125 Å². The van der Waals surface area contributed by atoms with Gasteiger partial charge < -0.3 is 20.5 Å². The number of nitrogens with zero attached hydrogens (tertiary/aromatic N) is 1. The fourth-order valence-electron chi connectivity index (χ4n) is 2.56. The smallest absolute Gasteiger partial charge is 0.251 e. The number of phenolic OH excluding ortho intramolecular Hbond substituents is 1. The molecule has 0 bridgehead atoms. The molecule has 0 aliphatic heterocycles. The van der Waals surface area contributed by atoms with Gasteiger partial charge in [0.25, 0.3) is 11.8 Å². The van der Waals surface area contributed by atoms with Crippen LogP contribution < -0.4 is 15.4 Å². The van der Waals surface area contributed by atoms with Crippen molar-refractivity contribution in [3.05, 3.63) is 53.6 Å². The van der Waals surface area contributed by atoms with Crippen LogP contribution in [0.2, 0.25) is 0 Å². The van der Waals surface area contributed by atoms with E-state index in [0.29, 0.717) is 18.5 Å². The van der Waals surface area contributed by atoms with E-state index in [1.54, 1.807) is 12.1 Å². The van der Waals surface area contributed by atoms with E-state index in [0.717, 1.165) is 4.31 Å². The van der Waals surface area contributed by atoms with E-state index in [9.17, 15) is 23.1 Å². The second kappa shape index (κ2) is 10.1. The summed E-state index contributed by atoms with van der Waals surface area (Å²) < 4.78 is 31.0. The number of rotatable bonds is 9. The molecule has 2 amide bonds. The zero-order valence-electron chi connectivity index (χ0n) is 17.0. The molecule has 2 aromatic rings. The van der Waals surface area contributed by atoms with Gasteiger partial charge in [0.05, 0.1) is 7.11 Å². The molecule has 0 spiro atoms. The lowest BCUT2D eigenvalue weighted by atomic mass is 10.2. The zero-order valence-corrected chi connectivity index (χ0v) is 17.8. The average Bonchev–Trinajstić information content (AvgIpc) is 2.72. The average molecular weight is 436 g/mol. The van der Waals surface area contributed by atoms with Gasteiger partial charge in [-0.1, -0.05) is 6.07 Å². The summed E-state index contributed by atoms with van der Waals surface area (Å²) in [6, 6.07) is 10.2. The minimum Gasteiger partial charge on any atom is -0.508 e. The van der Waals surface area contributed by atoms with Crippen molar-refractivity contribution in [1.29, 1.82) is 0 Å². The Labute approximate surface area is 175 Å². The molecule has 0 aromatic heterocycles. The predicted octanol–water partition coefficient (Wildman–Crippen LogP) is 1.20. The van der Waals surface area contributed by atoms with Crippen LogP contribution in [0.5, 0.6) is 11.5 Å². The lowest BCUT2D eigenvalue weighted by Crippen LogP contribution is -2.30. The third-order valence-corrected chi connectivity index (χ3v) is 6.05.